The largest absolute Gasteiger partial charge is 0.497 e. The Balaban J connectivity index is 1.76. The van der Waals surface area contributed by atoms with Crippen molar-refractivity contribution in [2.45, 2.75) is 20.3 Å². The van der Waals surface area contributed by atoms with Gasteiger partial charge in [-0.25, -0.2) is 4.98 Å². The minimum Gasteiger partial charge on any atom is -0.497 e. The van der Waals surface area contributed by atoms with Crippen LogP contribution in [0.15, 0.2) is 36.4 Å². The topological polar surface area (TPSA) is 51.2 Å². The van der Waals surface area contributed by atoms with Gasteiger partial charge in [0.2, 0.25) is 5.91 Å². The summed E-state index contributed by atoms with van der Waals surface area (Å²) in [6.45, 7) is 4.11. The number of amides is 1. The Morgan fingerprint density at radius 2 is 2.09 bits per heavy atom. The average molecular weight is 326 g/mol. The van der Waals surface area contributed by atoms with Crippen molar-refractivity contribution in [3.05, 3.63) is 53.1 Å². The van der Waals surface area contributed by atoms with Crippen molar-refractivity contribution in [1.82, 2.24) is 4.98 Å². The number of hydrogen-bond donors (Lipinski definition) is 1. The molecule has 5 heteroatoms. The smallest absolute Gasteiger partial charge is 0.230 e. The third kappa shape index (κ3) is 3.51. The van der Waals surface area contributed by atoms with E-state index >= 15 is 0 Å². The van der Waals surface area contributed by atoms with E-state index in [1.807, 2.05) is 37.3 Å². The van der Waals surface area contributed by atoms with Crippen LogP contribution in [-0.4, -0.2) is 18.0 Å². The Morgan fingerprint density at radius 3 is 2.87 bits per heavy atom. The number of benzene rings is 2. The Morgan fingerprint density at radius 1 is 1.26 bits per heavy atom. The van der Waals surface area contributed by atoms with Crippen molar-refractivity contribution in [3.8, 4) is 5.75 Å². The highest BCUT2D eigenvalue weighted by atomic mass is 32.1. The molecule has 1 heterocycles. The summed E-state index contributed by atoms with van der Waals surface area (Å²) in [4.78, 5) is 16.7. The quantitative estimate of drug-likeness (QED) is 0.785. The van der Waals surface area contributed by atoms with Crippen molar-refractivity contribution >= 4 is 32.6 Å². The number of nitrogens with one attached hydrogen (secondary N) is 1. The number of anilines is 1. The number of thiazole rings is 1. The molecule has 23 heavy (non-hydrogen) atoms. The number of fused-ring (bicyclic) bond motifs is 1. The summed E-state index contributed by atoms with van der Waals surface area (Å²) < 4.78 is 6.29. The predicted octanol–water partition coefficient (Wildman–Crippen LogP) is 4.10. The first-order valence-electron chi connectivity index (χ1n) is 7.36. The number of aromatic nitrogens is 1. The summed E-state index contributed by atoms with van der Waals surface area (Å²) in [7, 11) is 1.62. The number of aryl methyl sites for hydroxylation is 2. The van der Waals surface area contributed by atoms with Crippen LogP contribution in [0.1, 0.15) is 16.7 Å². The first-order valence-corrected chi connectivity index (χ1v) is 8.17. The highest BCUT2D eigenvalue weighted by Gasteiger charge is 2.11. The number of carbonyl (C=O) groups excluding carboxylic acids is 1. The van der Waals surface area contributed by atoms with Gasteiger partial charge in [-0.2, -0.15) is 0 Å². The molecule has 0 radical (unpaired) electrons. The summed E-state index contributed by atoms with van der Waals surface area (Å²) in [5.41, 5.74) is 4.21. The van der Waals surface area contributed by atoms with E-state index in [9.17, 15) is 4.79 Å². The van der Waals surface area contributed by atoms with Gasteiger partial charge in [0.15, 0.2) is 5.13 Å². The molecule has 4 nitrogen and oxygen atoms in total. The molecule has 3 aromatic rings. The Hall–Kier alpha value is -2.40. The molecule has 1 aromatic heterocycles. The Bertz CT molecular complexity index is 871. The molecule has 3 rings (SSSR count). The molecule has 0 aliphatic carbocycles. The molecule has 0 atom stereocenters. The van der Waals surface area contributed by atoms with Crippen molar-refractivity contribution in [2.24, 2.45) is 0 Å². The van der Waals surface area contributed by atoms with Crippen molar-refractivity contribution in [3.63, 3.8) is 0 Å². The first-order chi connectivity index (χ1) is 11.0. The van der Waals surface area contributed by atoms with Crippen LogP contribution in [0.4, 0.5) is 5.13 Å². The lowest BCUT2D eigenvalue weighted by atomic mass is 10.1. The first kappa shape index (κ1) is 15.5. The molecule has 2 aromatic carbocycles. The van der Waals surface area contributed by atoms with Gasteiger partial charge in [0.25, 0.3) is 0 Å². The lowest BCUT2D eigenvalue weighted by Gasteiger charge is -2.04. The normalized spacial score (nSPS) is 10.7. The fraction of sp³-hybridized carbons (Fsp3) is 0.222. The maximum Gasteiger partial charge on any atom is 0.230 e. The van der Waals surface area contributed by atoms with Gasteiger partial charge in [-0.3, -0.25) is 4.79 Å². The van der Waals surface area contributed by atoms with E-state index < -0.39 is 0 Å². The fourth-order valence-corrected chi connectivity index (χ4v) is 3.49. The maximum atomic E-state index is 12.2. The van der Waals surface area contributed by atoms with Gasteiger partial charge in [0.05, 0.1) is 23.7 Å². The highest BCUT2D eigenvalue weighted by Crippen LogP contribution is 2.29. The molecule has 0 bridgehead atoms. The molecule has 0 fully saturated rings. The molecular weight excluding hydrogens is 308 g/mol. The Labute approximate surface area is 139 Å². The van der Waals surface area contributed by atoms with E-state index in [0.717, 1.165) is 21.5 Å². The number of hydrogen-bond acceptors (Lipinski definition) is 4. The summed E-state index contributed by atoms with van der Waals surface area (Å²) in [6.07, 6.45) is 0.297. The molecule has 0 spiro atoms. The standard InChI is InChI=1S/C18H18N2O2S/c1-11-7-12(2)17-15(8-11)19-18(23-17)20-16(21)10-13-5-4-6-14(9-13)22-3/h4-9H,10H2,1-3H3,(H,19,20,21). The fourth-order valence-electron chi connectivity index (χ4n) is 2.56. The lowest BCUT2D eigenvalue weighted by Crippen LogP contribution is -2.14. The van der Waals surface area contributed by atoms with Gasteiger partial charge in [-0.15, -0.1) is 0 Å². The van der Waals surface area contributed by atoms with E-state index in [1.165, 1.54) is 22.5 Å². The predicted molar refractivity (Wildman–Crippen MR) is 94.4 cm³/mol. The van der Waals surface area contributed by atoms with Crippen LogP contribution < -0.4 is 10.1 Å². The zero-order chi connectivity index (χ0) is 16.4. The third-order valence-electron chi connectivity index (χ3n) is 3.57. The highest BCUT2D eigenvalue weighted by molar-refractivity contribution is 7.22. The molecular formula is C18H18N2O2S. The summed E-state index contributed by atoms with van der Waals surface area (Å²) in [6, 6.07) is 11.7. The van der Waals surface area contributed by atoms with Crippen LogP contribution in [0.5, 0.6) is 5.75 Å². The summed E-state index contributed by atoms with van der Waals surface area (Å²) in [5.74, 6) is 0.674. The van der Waals surface area contributed by atoms with Gasteiger partial charge >= 0.3 is 0 Å². The van der Waals surface area contributed by atoms with E-state index in [2.05, 4.69) is 23.3 Å². The second kappa shape index (κ2) is 6.38. The van der Waals surface area contributed by atoms with Gasteiger partial charge in [-0.05, 0) is 48.7 Å². The minimum atomic E-state index is -0.0771. The van der Waals surface area contributed by atoms with Crippen molar-refractivity contribution < 1.29 is 9.53 Å². The number of nitrogens with zero attached hydrogens (tertiary/aromatic N) is 1. The average Bonchev–Trinajstić information content (AvgIpc) is 2.89. The second-order valence-electron chi connectivity index (χ2n) is 5.53. The number of carbonyl (C=O) groups is 1. The van der Waals surface area contributed by atoms with E-state index in [4.69, 9.17) is 4.74 Å². The van der Waals surface area contributed by atoms with Gasteiger partial charge in [-0.1, -0.05) is 29.5 Å². The lowest BCUT2D eigenvalue weighted by molar-refractivity contribution is -0.115. The van der Waals surface area contributed by atoms with E-state index in [1.54, 1.807) is 7.11 Å². The van der Waals surface area contributed by atoms with Crippen LogP contribution in [0.2, 0.25) is 0 Å². The van der Waals surface area contributed by atoms with Crippen LogP contribution in [0.25, 0.3) is 10.2 Å². The molecule has 0 saturated carbocycles. The second-order valence-corrected chi connectivity index (χ2v) is 6.52. The van der Waals surface area contributed by atoms with Gasteiger partial charge in [0, 0.05) is 0 Å². The van der Waals surface area contributed by atoms with Gasteiger partial charge < -0.3 is 10.1 Å². The monoisotopic (exact) mass is 326 g/mol. The number of rotatable bonds is 4. The van der Waals surface area contributed by atoms with Crippen LogP contribution >= 0.6 is 11.3 Å². The molecule has 0 saturated heterocycles. The molecule has 0 aliphatic rings. The SMILES string of the molecule is COc1cccc(CC(=O)Nc2nc3cc(C)cc(C)c3s2)c1. The van der Waals surface area contributed by atoms with Crippen LogP contribution in [-0.2, 0) is 11.2 Å². The van der Waals surface area contributed by atoms with E-state index in [0.29, 0.717) is 11.6 Å². The van der Waals surface area contributed by atoms with E-state index in [-0.39, 0.29) is 5.91 Å². The van der Waals surface area contributed by atoms with Crippen LogP contribution in [0.3, 0.4) is 0 Å². The zero-order valence-corrected chi connectivity index (χ0v) is 14.2. The number of ether oxygens (including phenoxy) is 1. The molecule has 1 N–H and O–H groups in total. The van der Waals surface area contributed by atoms with Gasteiger partial charge in [0.1, 0.15) is 5.75 Å². The summed E-state index contributed by atoms with van der Waals surface area (Å²) >= 11 is 1.51. The van der Waals surface area contributed by atoms with Crippen molar-refractivity contribution in [1.29, 1.82) is 0 Å². The number of methoxy groups -OCH3 is 1. The molecule has 0 aliphatic heterocycles. The van der Waals surface area contributed by atoms with Crippen LogP contribution in [0, 0.1) is 13.8 Å². The zero-order valence-electron chi connectivity index (χ0n) is 13.3. The molecule has 1 amide bonds. The minimum absolute atomic E-state index is 0.0771. The third-order valence-corrected chi connectivity index (χ3v) is 4.69. The summed E-state index contributed by atoms with van der Waals surface area (Å²) in [5, 5.41) is 3.53. The van der Waals surface area contributed by atoms with Crippen molar-refractivity contribution in [2.75, 3.05) is 12.4 Å². The molecule has 118 valence electrons. The molecule has 0 unspecified atom stereocenters. The maximum absolute atomic E-state index is 12.2. The Kier molecular flexibility index (Phi) is 4.30.